The molecule has 0 amide bonds. The van der Waals surface area contributed by atoms with Crippen LogP contribution in [0, 0.1) is 0 Å². The summed E-state index contributed by atoms with van der Waals surface area (Å²) in [6, 6.07) is 9.91. The van der Waals surface area contributed by atoms with Crippen LogP contribution in [0.1, 0.15) is 10.4 Å². The molecule has 0 aliphatic rings. The lowest BCUT2D eigenvalue weighted by Crippen LogP contribution is -2.36. The van der Waals surface area contributed by atoms with E-state index in [1.165, 1.54) is 4.88 Å². The molecule has 1 aromatic carbocycles. The van der Waals surface area contributed by atoms with Crippen molar-refractivity contribution in [3.8, 4) is 11.5 Å². The van der Waals surface area contributed by atoms with Crippen molar-refractivity contribution in [1.82, 2.24) is 10.6 Å². The second-order valence-electron chi connectivity index (χ2n) is 4.54. The van der Waals surface area contributed by atoms with Crippen LogP contribution >= 0.6 is 11.3 Å². The largest absolute Gasteiger partial charge is 0.497 e. The van der Waals surface area contributed by atoms with Crippen LogP contribution in [0.2, 0.25) is 0 Å². The molecular formula is C16H21N3O2S. The van der Waals surface area contributed by atoms with Gasteiger partial charge in [-0.05, 0) is 23.6 Å². The van der Waals surface area contributed by atoms with E-state index in [9.17, 15) is 0 Å². The normalized spacial score (nSPS) is 11.1. The van der Waals surface area contributed by atoms with Gasteiger partial charge in [0.2, 0.25) is 0 Å². The van der Waals surface area contributed by atoms with Crippen molar-refractivity contribution in [3.63, 3.8) is 0 Å². The lowest BCUT2D eigenvalue weighted by molar-refractivity contribution is 0.390. The van der Waals surface area contributed by atoms with E-state index < -0.39 is 0 Å². The van der Waals surface area contributed by atoms with E-state index in [1.54, 1.807) is 32.6 Å². The highest BCUT2D eigenvalue weighted by molar-refractivity contribution is 7.09. The van der Waals surface area contributed by atoms with Gasteiger partial charge in [-0.2, -0.15) is 0 Å². The number of ether oxygens (including phenoxy) is 2. The third-order valence-corrected chi connectivity index (χ3v) is 4.05. The summed E-state index contributed by atoms with van der Waals surface area (Å²) in [7, 11) is 5.06. The summed E-state index contributed by atoms with van der Waals surface area (Å²) in [5.74, 6) is 2.33. The SMILES string of the molecule is CN=C(NCc1cccs1)NCc1ccc(OC)cc1OC. The highest BCUT2D eigenvalue weighted by atomic mass is 32.1. The van der Waals surface area contributed by atoms with Crippen LogP contribution in [0.15, 0.2) is 40.7 Å². The molecule has 2 rings (SSSR count). The number of methoxy groups -OCH3 is 2. The predicted octanol–water partition coefficient (Wildman–Crippen LogP) is 2.63. The third kappa shape index (κ3) is 4.39. The van der Waals surface area contributed by atoms with Crippen LogP contribution in [0.25, 0.3) is 0 Å². The molecule has 0 saturated carbocycles. The number of benzene rings is 1. The molecule has 22 heavy (non-hydrogen) atoms. The van der Waals surface area contributed by atoms with Gasteiger partial charge in [-0.15, -0.1) is 11.3 Å². The molecule has 0 unspecified atom stereocenters. The van der Waals surface area contributed by atoms with E-state index in [4.69, 9.17) is 9.47 Å². The van der Waals surface area contributed by atoms with Gasteiger partial charge >= 0.3 is 0 Å². The average Bonchev–Trinajstić information content (AvgIpc) is 3.08. The summed E-state index contributed by atoms with van der Waals surface area (Å²) < 4.78 is 10.6. The molecule has 0 radical (unpaired) electrons. The van der Waals surface area contributed by atoms with Crippen molar-refractivity contribution in [2.45, 2.75) is 13.1 Å². The van der Waals surface area contributed by atoms with E-state index in [2.05, 4.69) is 27.1 Å². The van der Waals surface area contributed by atoms with Gasteiger partial charge in [-0.3, -0.25) is 4.99 Å². The van der Waals surface area contributed by atoms with Crippen molar-refractivity contribution < 1.29 is 9.47 Å². The molecule has 118 valence electrons. The Balaban J connectivity index is 1.92. The molecule has 0 saturated heterocycles. The minimum Gasteiger partial charge on any atom is -0.497 e. The number of thiophene rings is 1. The van der Waals surface area contributed by atoms with Gasteiger partial charge in [0.15, 0.2) is 5.96 Å². The summed E-state index contributed by atoms with van der Waals surface area (Å²) in [6.07, 6.45) is 0. The van der Waals surface area contributed by atoms with Gasteiger partial charge in [-0.1, -0.05) is 6.07 Å². The van der Waals surface area contributed by atoms with Crippen LogP contribution in [0.3, 0.4) is 0 Å². The number of nitrogens with zero attached hydrogens (tertiary/aromatic N) is 1. The summed E-state index contributed by atoms with van der Waals surface area (Å²) in [6.45, 7) is 1.38. The summed E-state index contributed by atoms with van der Waals surface area (Å²) >= 11 is 1.72. The average molecular weight is 319 g/mol. The number of guanidine groups is 1. The maximum Gasteiger partial charge on any atom is 0.191 e. The third-order valence-electron chi connectivity index (χ3n) is 3.17. The molecule has 0 fully saturated rings. The zero-order chi connectivity index (χ0) is 15.8. The molecule has 0 aliphatic carbocycles. The predicted molar refractivity (Wildman–Crippen MR) is 90.9 cm³/mol. The number of hydrogen-bond donors (Lipinski definition) is 2. The Labute approximate surface area is 135 Å². The number of nitrogens with one attached hydrogen (secondary N) is 2. The fraction of sp³-hybridized carbons (Fsp3) is 0.312. The van der Waals surface area contributed by atoms with Crippen molar-refractivity contribution in [1.29, 1.82) is 0 Å². The maximum atomic E-state index is 5.39. The van der Waals surface area contributed by atoms with Gasteiger partial charge < -0.3 is 20.1 Å². The van der Waals surface area contributed by atoms with Gasteiger partial charge in [0.05, 0.1) is 20.8 Å². The highest BCUT2D eigenvalue weighted by Crippen LogP contribution is 2.24. The first kappa shape index (κ1) is 16.2. The Morgan fingerprint density at radius 2 is 1.95 bits per heavy atom. The molecule has 0 spiro atoms. The van der Waals surface area contributed by atoms with Crippen LogP contribution in [0.4, 0.5) is 0 Å². The van der Waals surface area contributed by atoms with Crippen LogP contribution in [0.5, 0.6) is 11.5 Å². The smallest absolute Gasteiger partial charge is 0.191 e. The van der Waals surface area contributed by atoms with Crippen LogP contribution < -0.4 is 20.1 Å². The molecule has 2 N–H and O–H groups in total. The Morgan fingerprint density at radius 3 is 2.59 bits per heavy atom. The van der Waals surface area contributed by atoms with Crippen molar-refractivity contribution in [2.75, 3.05) is 21.3 Å². The molecular weight excluding hydrogens is 298 g/mol. The van der Waals surface area contributed by atoms with Crippen LogP contribution in [-0.2, 0) is 13.1 Å². The Morgan fingerprint density at radius 1 is 1.14 bits per heavy atom. The van der Waals surface area contributed by atoms with Crippen molar-refractivity contribution in [2.24, 2.45) is 4.99 Å². The highest BCUT2D eigenvalue weighted by Gasteiger charge is 2.06. The molecule has 2 aromatic rings. The van der Waals surface area contributed by atoms with Crippen molar-refractivity contribution in [3.05, 3.63) is 46.2 Å². The zero-order valence-corrected chi connectivity index (χ0v) is 13.9. The summed E-state index contributed by atoms with van der Waals surface area (Å²) in [5, 5.41) is 8.63. The first-order valence-electron chi connectivity index (χ1n) is 6.94. The molecule has 0 atom stereocenters. The van der Waals surface area contributed by atoms with Gasteiger partial charge in [0.1, 0.15) is 11.5 Å². The number of aliphatic imine (C=N–C) groups is 1. The quantitative estimate of drug-likeness (QED) is 0.635. The molecule has 1 heterocycles. The second-order valence-corrected chi connectivity index (χ2v) is 5.57. The molecule has 6 heteroatoms. The lowest BCUT2D eigenvalue weighted by Gasteiger charge is -2.14. The first-order valence-corrected chi connectivity index (χ1v) is 7.82. The van der Waals surface area contributed by atoms with E-state index in [-0.39, 0.29) is 0 Å². The van der Waals surface area contributed by atoms with Crippen molar-refractivity contribution >= 4 is 17.3 Å². The van der Waals surface area contributed by atoms with E-state index in [0.717, 1.165) is 29.6 Å². The van der Waals surface area contributed by atoms with E-state index in [1.807, 2.05) is 24.3 Å². The van der Waals surface area contributed by atoms with Gasteiger partial charge in [0, 0.05) is 30.1 Å². The summed E-state index contributed by atoms with van der Waals surface area (Å²) in [4.78, 5) is 5.49. The molecule has 1 aromatic heterocycles. The maximum absolute atomic E-state index is 5.39. The van der Waals surface area contributed by atoms with Crippen LogP contribution in [-0.4, -0.2) is 27.2 Å². The topological polar surface area (TPSA) is 54.9 Å². The number of rotatable bonds is 6. The fourth-order valence-electron chi connectivity index (χ4n) is 1.98. The molecule has 5 nitrogen and oxygen atoms in total. The monoisotopic (exact) mass is 319 g/mol. The first-order chi connectivity index (χ1) is 10.8. The summed E-state index contributed by atoms with van der Waals surface area (Å²) in [5.41, 5.74) is 1.04. The Kier molecular flexibility index (Phi) is 6.09. The van der Waals surface area contributed by atoms with Gasteiger partial charge in [-0.25, -0.2) is 0 Å². The van der Waals surface area contributed by atoms with E-state index in [0.29, 0.717) is 6.54 Å². The Bertz CT molecular complexity index is 612. The second kappa shape index (κ2) is 8.29. The van der Waals surface area contributed by atoms with E-state index >= 15 is 0 Å². The minimum atomic E-state index is 0.622. The number of hydrogen-bond acceptors (Lipinski definition) is 4. The lowest BCUT2D eigenvalue weighted by atomic mass is 10.2. The fourth-order valence-corrected chi connectivity index (χ4v) is 2.63. The standard InChI is InChI=1S/C16H21N3O2S/c1-17-16(19-11-14-5-4-8-22-14)18-10-12-6-7-13(20-2)9-15(12)21-3/h4-9H,10-11H2,1-3H3,(H2,17,18,19). The molecule has 0 aliphatic heterocycles. The van der Waals surface area contributed by atoms with Gasteiger partial charge in [0.25, 0.3) is 0 Å². The molecule has 0 bridgehead atoms. The minimum absolute atomic E-state index is 0.622. The Hall–Kier alpha value is -2.21. The zero-order valence-electron chi connectivity index (χ0n) is 13.1.